The lowest BCUT2D eigenvalue weighted by Gasteiger charge is -2.21. The number of hydrogen-bond donors (Lipinski definition) is 1. The fourth-order valence-corrected chi connectivity index (χ4v) is 4.47. The van der Waals surface area contributed by atoms with Crippen molar-refractivity contribution in [3.63, 3.8) is 0 Å². The Morgan fingerprint density at radius 2 is 1.57 bits per heavy atom. The van der Waals surface area contributed by atoms with Gasteiger partial charge >= 0.3 is 0 Å². The minimum atomic E-state index is -3.54. The van der Waals surface area contributed by atoms with Crippen LogP contribution in [0.25, 0.3) is 0 Å². The first-order valence-corrected chi connectivity index (χ1v) is 11.0. The van der Waals surface area contributed by atoms with Crippen molar-refractivity contribution in [2.24, 2.45) is 0 Å². The first-order chi connectivity index (χ1) is 13.4. The molecule has 0 aliphatic heterocycles. The Balaban J connectivity index is 2.17. The van der Waals surface area contributed by atoms with E-state index in [0.29, 0.717) is 36.7 Å². The summed E-state index contributed by atoms with van der Waals surface area (Å²) in [6.45, 7) is 7.21. The van der Waals surface area contributed by atoms with Gasteiger partial charge in [0.15, 0.2) is 0 Å². The fraction of sp³-hybridized carbons (Fsp3) is 0.381. The van der Waals surface area contributed by atoms with Crippen molar-refractivity contribution in [2.75, 3.05) is 25.0 Å². The zero-order valence-corrected chi connectivity index (χ0v) is 17.5. The maximum absolute atomic E-state index is 12.8. The predicted octanol–water partition coefficient (Wildman–Crippen LogP) is 4.15. The van der Waals surface area contributed by atoms with Gasteiger partial charge in [0.25, 0.3) is 5.91 Å². The smallest absolute Gasteiger partial charge is 0.259 e. The average molecular weight is 405 g/mol. The molecule has 0 radical (unpaired) electrons. The van der Waals surface area contributed by atoms with E-state index in [0.717, 1.165) is 12.8 Å². The molecule has 0 atom stereocenters. The van der Waals surface area contributed by atoms with Gasteiger partial charge < -0.3 is 10.1 Å². The summed E-state index contributed by atoms with van der Waals surface area (Å²) in [5.41, 5.74) is 0.950. The van der Waals surface area contributed by atoms with Crippen LogP contribution in [-0.4, -0.2) is 38.3 Å². The number of anilines is 1. The zero-order valence-electron chi connectivity index (χ0n) is 16.6. The van der Waals surface area contributed by atoms with Crippen LogP contribution in [0.5, 0.6) is 5.75 Å². The number of benzene rings is 2. The van der Waals surface area contributed by atoms with Crippen molar-refractivity contribution in [1.29, 1.82) is 0 Å². The summed E-state index contributed by atoms with van der Waals surface area (Å²) in [5, 5.41) is 2.79. The summed E-state index contributed by atoms with van der Waals surface area (Å²) in [5.74, 6) is 0.203. The van der Waals surface area contributed by atoms with Gasteiger partial charge in [0.2, 0.25) is 10.0 Å². The molecule has 0 aromatic heterocycles. The summed E-state index contributed by atoms with van der Waals surface area (Å²) < 4.78 is 32.6. The molecule has 2 aromatic rings. The Morgan fingerprint density at radius 3 is 2.14 bits per heavy atom. The largest absolute Gasteiger partial charge is 0.493 e. The molecular formula is C21H28N2O4S. The Hall–Kier alpha value is -2.38. The van der Waals surface area contributed by atoms with Gasteiger partial charge in [0.05, 0.1) is 17.1 Å². The second-order valence-corrected chi connectivity index (χ2v) is 8.25. The highest BCUT2D eigenvalue weighted by Crippen LogP contribution is 2.22. The Kier molecular flexibility index (Phi) is 8.02. The first kappa shape index (κ1) is 21.9. The molecule has 0 fully saturated rings. The second kappa shape index (κ2) is 10.2. The third-order valence-corrected chi connectivity index (χ3v) is 6.04. The van der Waals surface area contributed by atoms with Gasteiger partial charge in [0.1, 0.15) is 5.75 Å². The quantitative estimate of drug-likeness (QED) is 0.645. The number of rotatable bonds is 10. The van der Waals surface area contributed by atoms with Crippen LogP contribution in [0.3, 0.4) is 0 Å². The van der Waals surface area contributed by atoms with Crippen LogP contribution in [0, 0.1) is 0 Å². The second-order valence-electron chi connectivity index (χ2n) is 6.31. The third-order valence-electron chi connectivity index (χ3n) is 4.13. The molecule has 28 heavy (non-hydrogen) atoms. The average Bonchev–Trinajstić information content (AvgIpc) is 2.69. The van der Waals surface area contributed by atoms with E-state index >= 15 is 0 Å². The summed E-state index contributed by atoms with van der Waals surface area (Å²) in [4.78, 5) is 12.8. The van der Waals surface area contributed by atoms with E-state index in [1.54, 1.807) is 36.4 Å². The number of carbonyl (C=O) groups excluding carboxylic acids is 1. The topological polar surface area (TPSA) is 75.7 Å². The van der Waals surface area contributed by atoms with Gasteiger partial charge in [-0.1, -0.05) is 26.0 Å². The molecule has 0 saturated heterocycles. The molecule has 0 aliphatic carbocycles. The SMILES string of the molecule is CCCN(CCC)S(=O)(=O)c1ccc(NC(=O)c2ccccc2OCC)cc1. The van der Waals surface area contributed by atoms with E-state index in [1.807, 2.05) is 20.8 Å². The van der Waals surface area contributed by atoms with E-state index in [2.05, 4.69) is 5.32 Å². The van der Waals surface area contributed by atoms with Gasteiger partial charge in [-0.2, -0.15) is 4.31 Å². The highest BCUT2D eigenvalue weighted by molar-refractivity contribution is 7.89. The summed E-state index contributed by atoms with van der Waals surface area (Å²) in [6.07, 6.45) is 1.51. The maximum Gasteiger partial charge on any atom is 0.259 e. The number of nitrogens with zero attached hydrogens (tertiary/aromatic N) is 1. The van der Waals surface area contributed by atoms with Crippen molar-refractivity contribution < 1.29 is 17.9 Å². The standard InChI is InChI=1S/C21H28N2O4S/c1-4-15-23(16-5-2)28(25,26)18-13-11-17(12-14-18)22-21(24)19-9-7-8-10-20(19)27-6-3/h7-14H,4-6,15-16H2,1-3H3,(H,22,24). The molecule has 2 rings (SSSR count). The number of amides is 1. The molecular weight excluding hydrogens is 376 g/mol. The molecule has 0 heterocycles. The van der Waals surface area contributed by atoms with Gasteiger partial charge in [-0.15, -0.1) is 0 Å². The molecule has 0 aliphatic rings. The first-order valence-electron chi connectivity index (χ1n) is 9.57. The maximum atomic E-state index is 12.8. The third kappa shape index (κ3) is 5.33. The fourth-order valence-electron chi connectivity index (χ4n) is 2.84. The lowest BCUT2D eigenvalue weighted by molar-refractivity contribution is 0.102. The van der Waals surface area contributed by atoms with E-state index < -0.39 is 10.0 Å². The lowest BCUT2D eigenvalue weighted by atomic mass is 10.2. The minimum absolute atomic E-state index is 0.224. The van der Waals surface area contributed by atoms with Crippen LogP contribution in [0.2, 0.25) is 0 Å². The number of ether oxygens (including phenoxy) is 1. The van der Waals surface area contributed by atoms with Crippen LogP contribution in [0.15, 0.2) is 53.4 Å². The molecule has 1 amide bonds. The van der Waals surface area contributed by atoms with Crippen molar-refractivity contribution in [3.05, 3.63) is 54.1 Å². The van der Waals surface area contributed by atoms with Crippen LogP contribution in [-0.2, 0) is 10.0 Å². The van der Waals surface area contributed by atoms with Crippen molar-refractivity contribution in [3.8, 4) is 5.75 Å². The number of para-hydroxylation sites is 1. The molecule has 1 N–H and O–H groups in total. The monoisotopic (exact) mass is 404 g/mol. The molecule has 0 bridgehead atoms. The van der Waals surface area contributed by atoms with Crippen molar-refractivity contribution in [2.45, 2.75) is 38.5 Å². The highest BCUT2D eigenvalue weighted by atomic mass is 32.2. The Labute approximate surface area is 167 Å². The van der Waals surface area contributed by atoms with E-state index in [4.69, 9.17) is 4.74 Å². The van der Waals surface area contributed by atoms with Crippen molar-refractivity contribution >= 4 is 21.6 Å². The number of nitrogens with one attached hydrogen (secondary N) is 1. The van der Waals surface area contributed by atoms with Crippen LogP contribution >= 0.6 is 0 Å². The molecule has 152 valence electrons. The number of sulfonamides is 1. The summed E-state index contributed by atoms with van der Waals surface area (Å²) >= 11 is 0. The van der Waals surface area contributed by atoms with Gasteiger partial charge in [-0.25, -0.2) is 8.42 Å². The molecule has 0 unspecified atom stereocenters. The summed E-state index contributed by atoms with van der Waals surface area (Å²) in [6, 6.07) is 13.3. The van der Waals surface area contributed by atoms with Crippen LogP contribution in [0.4, 0.5) is 5.69 Å². The predicted molar refractivity (Wildman–Crippen MR) is 111 cm³/mol. The lowest BCUT2D eigenvalue weighted by Crippen LogP contribution is -2.32. The van der Waals surface area contributed by atoms with Crippen molar-refractivity contribution in [1.82, 2.24) is 4.31 Å². The molecule has 2 aromatic carbocycles. The van der Waals surface area contributed by atoms with E-state index in [9.17, 15) is 13.2 Å². The van der Waals surface area contributed by atoms with Crippen LogP contribution < -0.4 is 10.1 Å². The summed E-state index contributed by atoms with van der Waals surface area (Å²) in [7, 11) is -3.54. The molecule has 0 spiro atoms. The van der Waals surface area contributed by atoms with Gasteiger partial charge in [0, 0.05) is 18.8 Å². The molecule has 6 nitrogen and oxygen atoms in total. The van der Waals surface area contributed by atoms with Crippen LogP contribution in [0.1, 0.15) is 44.0 Å². The zero-order chi connectivity index (χ0) is 20.6. The van der Waals surface area contributed by atoms with Gasteiger partial charge in [-0.3, -0.25) is 4.79 Å². The molecule has 0 saturated carbocycles. The molecule has 7 heteroatoms. The van der Waals surface area contributed by atoms with E-state index in [1.165, 1.54) is 16.4 Å². The Bertz CT molecular complexity index is 874. The Morgan fingerprint density at radius 1 is 0.964 bits per heavy atom. The number of carbonyl (C=O) groups is 1. The number of hydrogen-bond acceptors (Lipinski definition) is 4. The van der Waals surface area contributed by atoms with Gasteiger partial charge in [-0.05, 0) is 56.2 Å². The normalized spacial score (nSPS) is 11.4. The van der Waals surface area contributed by atoms with E-state index in [-0.39, 0.29) is 10.8 Å². The minimum Gasteiger partial charge on any atom is -0.493 e. The highest BCUT2D eigenvalue weighted by Gasteiger charge is 2.23.